The number of aryl methyl sites for hydroxylation is 1. The summed E-state index contributed by atoms with van der Waals surface area (Å²) in [5.41, 5.74) is 6.97. The molecule has 3 N–H and O–H groups in total. The van der Waals surface area contributed by atoms with Crippen molar-refractivity contribution in [3.05, 3.63) is 29.3 Å². The van der Waals surface area contributed by atoms with Gasteiger partial charge in [0.05, 0.1) is 0 Å². The highest BCUT2D eigenvalue weighted by Gasteiger charge is 2.18. The minimum atomic E-state index is 0.0136. The van der Waals surface area contributed by atoms with Crippen molar-refractivity contribution in [2.75, 3.05) is 19.6 Å². The van der Waals surface area contributed by atoms with E-state index in [1.807, 2.05) is 11.8 Å². The molecular weight excluding hydrogens is 240 g/mol. The second kappa shape index (κ2) is 7.14. The Morgan fingerprint density at radius 2 is 2.11 bits per heavy atom. The Hall–Kier alpha value is -1.55. The lowest BCUT2D eigenvalue weighted by Gasteiger charge is -2.25. The summed E-state index contributed by atoms with van der Waals surface area (Å²) in [5.74, 6) is 0.616. The van der Waals surface area contributed by atoms with Crippen molar-refractivity contribution >= 4 is 5.91 Å². The Kier molecular flexibility index (Phi) is 5.83. The molecule has 0 saturated carbocycles. The average molecular weight is 264 g/mol. The molecular formula is C15H24N2O2. The molecule has 0 aliphatic heterocycles. The first-order valence-electron chi connectivity index (χ1n) is 6.74. The van der Waals surface area contributed by atoms with Gasteiger partial charge in [-0.2, -0.15) is 0 Å². The standard InChI is InChI=1S/C15H24N2O2/c1-11(2)10-17(8-4-7-16)15(19)14-6-5-13(18)9-12(14)3/h5-6,9,11,18H,4,7-8,10,16H2,1-3H3. The molecule has 1 aromatic rings. The van der Waals surface area contributed by atoms with Crippen LogP contribution in [0, 0.1) is 12.8 Å². The number of carbonyl (C=O) groups is 1. The molecule has 0 spiro atoms. The number of nitrogens with two attached hydrogens (primary N) is 1. The zero-order chi connectivity index (χ0) is 14.4. The first-order valence-corrected chi connectivity index (χ1v) is 6.74. The maximum atomic E-state index is 12.5. The smallest absolute Gasteiger partial charge is 0.254 e. The predicted octanol–water partition coefficient (Wildman–Crippen LogP) is 2.15. The summed E-state index contributed by atoms with van der Waals surface area (Å²) in [4.78, 5) is 14.4. The zero-order valence-corrected chi connectivity index (χ0v) is 12.0. The van der Waals surface area contributed by atoms with E-state index in [0.717, 1.165) is 18.5 Å². The Bertz CT molecular complexity index is 430. The molecule has 0 aromatic heterocycles. The molecule has 19 heavy (non-hydrogen) atoms. The van der Waals surface area contributed by atoms with Gasteiger partial charge in [-0.15, -0.1) is 0 Å². The third kappa shape index (κ3) is 4.56. The van der Waals surface area contributed by atoms with Crippen LogP contribution in [0.15, 0.2) is 18.2 Å². The molecule has 0 bridgehead atoms. The molecule has 1 aromatic carbocycles. The number of rotatable bonds is 6. The molecule has 0 aliphatic carbocycles. The van der Waals surface area contributed by atoms with Gasteiger partial charge in [-0.3, -0.25) is 4.79 Å². The highest BCUT2D eigenvalue weighted by molar-refractivity contribution is 5.95. The number of amides is 1. The molecule has 4 nitrogen and oxygen atoms in total. The van der Waals surface area contributed by atoms with Crippen LogP contribution >= 0.6 is 0 Å². The van der Waals surface area contributed by atoms with Gasteiger partial charge < -0.3 is 15.7 Å². The van der Waals surface area contributed by atoms with Crippen LogP contribution in [-0.2, 0) is 0 Å². The van der Waals surface area contributed by atoms with Crippen LogP contribution in [0.1, 0.15) is 36.2 Å². The Morgan fingerprint density at radius 1 is 1.42 bits per heavy atom. The van der Waals surface area contributed by atoms with Crippen molar-refractivity contribution in [3.8, 4) is 5.75 Å². The molecule has 4 heteroatoms. The maximum Gasteiger partial charge on any atom is 0.254 e. The molecule has 0 unspecified atom stereocenters. The van der Waals surface area contributed by atoms with Crippen LogP contribution in [0.3, 0.4) is 0 Å². The summed E-state index contributed by atoms with van der Waals surface area (Å²) < 4.78 is 0. The number of carbonyl (C=O) groups excluding carboxylic acids is 1. The molecule has 1 rings (SSSR count). The molecule has 0 aliphatic rings. The third-order valence-electron chi connectivity index (χ3n) is 2.95. The van der Waals surface area contributed by atoms with E-state index in [-0.39, 0.29) is 11.7 Å². The van der Waals surface area contributed by atoms with Crippen LogP contribution in [0.4, 0.5) is 0 Å². The summed E-state index contributed by atoms with van der Waals surface area (Å²) in [7, 11) is 0. The second-order valence-corrected chi connectivity index (χ2v) is 5.29. The predicted molar refractivity (Wildman–Crippen MR) is 77.3 cm³/mol. The molecule has 106 valence electrons. The highest BCUT2D eigenvalue weighted by Crippen LogP contribution is 2.18. The van der Waals surface area contributed by atoms with Crippen LogP contribution in [0.25, 0.3) is 0 Å². The Labute approximate surface area is 115 Å². The van der Waals surface area contributed by atoms with E-state index in [1.54, 1.807) is 18.2 Å². The highest BCUT2D eigenvalue weighted by atomic mass is 16.3. The van der Waals surface area contributed by atoms with E-state index in [4.69, 9.17) is 5.73 Å². The van der Waals surface area contributed by atoms with E-state index in [0.29, 0.717) is 24.6 Å². The van der Waals surface area contributed by atoms with Crippen LogP contribution in [-0.4, -0.2) is 35.5 Å². The Balaban J connectivity index is 2.90. The van der Waals surface area contributed by atoms with Gasteiger partial charge in [-0.25, -0.2) is 0 Å². The zero-order valence-electron chi connectivity index (χ0n) is 12.0. The molecule has 0 heterocycles. The number of phenols is 1. The fraction of sp³-hybridized carbons (Fsp3) is 0.533. The van der Waals surface area contributed by atoms with Gasteiger partial charge in [0.2, 0.25) is 0 Å². The first-order chi connectivity index (χ1) is 8.95. The van der Waals surface area contributed by atoms with Gasteiger partial charge in [0.1, 0.15) is 5.75 Å². The quantitative estimate of drug-likeness (QED) is 0.827. The first kappa shape index (κ1) is 15.5. The van der Waals surface area contributed by atoms with Crippen molar-refractivity contribution in [3.63, 3.8) is 0 Å². The summed E-state index contributed by atoms with van der Waals surface area (Å²) in [6.45, 7) is 7.99. The minimum Gasteiger partial charge on any atom is -0.508 e. The maximum absolute atomic E-state index is 12.5. The molecule has 0 atom stereocenters. The van der Waals surface area contributed by atoms with Crippen LogP contribution in [0.2, 0.25) is 0 Å². The topological polar surface area (TPSA) is 66.6 Å². The monoisotopic (exact) mass is 264 g/mol. The average Bonchev–Trinajstić information content (AvgIpc) is 2.33. The lowest BCUT2D eigenvalue weighted by Crippen LogP contribution is -2.36. The van der Waals surface area contributed by atoms with Crippen molar-refractivity contribution in [1.29, 1.82) is 0 Å². The van der Waals surface area contributed by atoms with Gasteiger partial charge in [0, 0.05) is 18.7 Å². The van der Waals surface area contributed by atoms with Crippen molar-refractivity contribution in [1.82, 2.24) is 4.90 Å². The van der Waals surface area contributed by atoms with E-state index in [9.17, 15) is 9.90 Å². The third-order valence-corrected chi connectivity index (χ3v) is 2.95. The van der Waals surface area contributed by atoms with Gasteiger partial charge in [-0.05, 0) is 49.6 Å². The van der Waals surface area contributed by atoms with Crippen molar-refractivity contribution in [2.24, 2.45) is 11.7 Å². The summed E-state index contributed by atoms with van der Waals surface area (Å²) in [5, 5.41) is 9.40. The van der Waals surface area contributed by atoms with Crippen LogP contribution < -0.4 is 5.73 Å². The SMILES string of the molecule is Cc1cc(O)ccc1C(=O)N(CCCN)CC(C)C. The second-order valence-electron chi connectivity index (χ2n) is 5.29. The lowest BCUT2D eigenvalue weighted by atomic mass is 10.1. The molecule has 0 fully saturated rings. The van der Waals surface area contributed by atoms with E-state index < -0.39 is 0 Å². The fourth-order valence-electron chi connectivity index (χ4n) is 2.06. The van der Waals surface area contributed by atoms with E-state index in [1.165, 1.54) is 0 Å². The largest absolute Gasteiger partial charge is 0.508 e. The number of benzene rings is 1. The fourth-order valence-corrected chi connectivity index (χ4v) is 2.06. The number of nitrogens with zero attached hydrogens (tertiary/aromatic N) is 1. The number of hydrogen-bond acceptors (Lipinski definition) is 3. The molecule has 1 amide bonds. The van der Waals surface area contributed by atoms with Crippen molar-refractivity contribution < 1.29 is 9.90 Å². The minimum absolute atomic E-state index is 0.0136. The van der Waals surface area contributed by atoms with Crippen LogP contribution in [0.5, 0.6) is 5.75 Å². The number of hydrogen-bond donors (Lipinski definition) is 2. The molecule has 0 radical (unpaired) electrons. The van der Waals surface area contributed by atoms with Gasteiger partial charge in [-0.1, -0.05) is 13.8 Å². The van der Waals surface area contributed by atoms with Gasteiger partial charge >= 0.3 is 0 Å². The van der Waals surface area contributed by atoms with Gasteiger partial charge in [0.15, 0.2) is 0 Å². The van der Waals surface area contributed by atoms with E-state index >= 15 is 0 Å². The van der Waals surface area contributed by atoms with E-state index in [2.05, 4.69) is 13.8 Å². The summed E-state index contributed by atoms with van der Waals surface area (Å²) >= 11 is 0. The molecule has 0 saturated heterocycles. The summed E-state index contributed by atoms with van der Waals surface area (Å²) in [6.07, 6.45) is 0.801. The Morgan fingerprint density at radius 3 is 2.63 bits per heavy atom. The van der Waals surface area contributed by atoms with Crippen molar-refractivity contribution in [2.45, 2.75) is 27.2 Å². The van der Waals surface area contributed by atoms with Gasteiger partial charge in [0.25, 0.3) is 5.91 Å². The lowest BCUT2D eigenvalue weighted by molar-refractivity contribution is 0.0734. The number of phenolic OH excluding ortho intramolecular Hbond substituents is 1. The summed E-state index contributed by atoms with van der Waals surface area (Å²) in [6, 6.07) is 4.85. The number of aromatic hydroxyl groups is 1. The normalized spacial score (nSPS) is 10.8.